The molecule has 2 aromatic heterocycles. The molecule has 3 aliphatic heterocycles. The molecule has 5 heterocycles. The number of rotatable bonds is 3. The van der Waals surface area contributed by atoms with E-state index in [4.69, 9.17) is 11.6 Å². The number of nitrogens with zero attached hydrogens (tertiary/aromatic N) is 4. The summed E-state index contributed by atoms with van der Waals surface area (Å²) in [6, 6.07) is 5.20. The maximum Gasteiger partial charge on any atom is 0.255 e. The molecule has 0 aromatic carbocycles. The summed E-state index contributed by atoms with van der Waals surface area (Å²) >= 11 is 5.84. The fourth-order valence-corrected chi connectivity index (χ4v) is 5.24. The first-order valence-corrected chi connectivity index (χ1v) is 10.5. The van der Waals surface area contributed by atoms with Crippen molar-refractivity contribution >= 4 is 17.4 Å². The Morgan fingerprint density at radius 3 is 2.83 bits per heavy atom. The van der Waals surface area contributed by atoms with Crippen molar-refractivity contribution in [2.24, 2.45) is 5.92 Å². The highest BCUT2D eigenvalue weighted by Gasteiger charge is 2.36. The third kappa shape index (κ3) is 3.55. The standard InChI is InChI=1S/C21H23ClF2N4O/c22-16-6-18(24)20(25-7-16)27-8-13-5-15(11-27)19-2-1-14(21(29)28(19)9-13)10-26-4-3-17(23)12-26/h1-2,6-7,13,15,17H,3-5,8-12H2/t13-,15+,17+/m0/s1. The lowest BCUT2D eigenvalue weighted by molar-refractivity contribution is 0.269. The molecule has 29 heavy (non-hydrogen) atoms. The zero-order valence-electron chi connectivity index (χ0n) is 16.0. The average molecular weight is 421 g/mol. The van der Waals surface area contributed by atoms with Gasteiger partial charge in [-0.05, 0) is 30.9 Å². The highest BCUT2D eigenvalue weighted by Crippen LogP contribution is 2.37. The lowest BCUT2D eigenvalue weighted by Crippen LogP contribution is -2.48. The van der Waals surface area contributed by atoms with Gasteiger partial charge in [0.15, 0.2) is 11.6 Å². The monoisotopic (exact) mass is 420 g/mol. The first-order chi connectivity index (χ1) is 14.0. The lowest BCUT2D eigenvalue weighted by atomic mass is 9.83. The van der Waals surface area contributed by atoms with Crippen molar-refractivity contribution in [2.75, 3.05) is 31.1 Å². The molecule has 0 unspecified atom stereocenters. The van der Waals surface area contributed by atoms with Gasteiger partial charge < -0.3 is 9.47 Å². The van der Waals surface area contributed by atoms with Crippen LogP contribution in [0.4, 0.5) is 14.6 Å². The Morgan fingerprint density at radius 2 is 2.07 bits per heavy atom. The Morgan fingerprint density at radius 1 is 1.21 bits per heavy atom. The van der Waals surface area contributed by atoms with E-state index in [1.807, 2.05) is 26.5 Å². The number of anilines is 1. The number of alkyl halides is 1. The molecule has 2 saturated heterocycles. The molecule has 2 aromatic rings. The molecule has 3 aliphatic rings. The molecule has 0 saturated carbocycles. The van der Waals surface area contributed by atoms with E-state index in [-0.39, 0.29) is 22.4 Å². The minimum atomic E-state index is -0.789. The van der Waals surface area contributed by atoms with Gasteiger partial charge in [-0.15, -0.1) is 0 Å². The predicted molar refractivity (Wildman–Crippen MR) is 108 cm³/mol. The van der Waals surface area contributed by atoms with Gasteiger partial charge in [0.2, 0.25) is 0 Å². The summed E-state index contributed by atoms with van der Waals surface area (Å²) in [6.07, 6.45) is 2.21. The SMILES string of the molecule is O=c1c(CN2CC[C@@H](F)C2)ccc2n1C[C@H]1C[C@@H]2CN(c2ncc(Cl)cc2F)C1. The van der Waals surface area contributed by atoms with Gasteiger partial charge in [0.25, 0.3) is 5.56 Å². The second kappa shape index (κ2) is 7.36. The molecule has 5 rings (SSSR count). The Labute approximate surface area is 172 Å². The van der Waals surface area contributed by atoms with E-state index in [0.29, 0.717) is 51.5 Å². The third-order valence-corrected chi connectivity index (χ3v) is 6.59. The van der Waals surface area contributed by atoms with E-state index < -0.39 is 12.0 Å². The van der Waals surface area contributed by atoms with Crippen molar-refractivity contribution in [2.45, 2.75) is 38.0 Å². The Bertz CT molecular complexity index is 997. The minimum Gasteiger partial charge on any atom is -0.353 e. The lowest BCUT2D eigenvalue weighted by Gasteiger charge is -2.43. The summed E-state index contributed by atoms with van der Waals surface area (Å²) in [4.78, 5) is 21.3. The normalized spacial score (nSPS) is 26.6. The van der Waals surface area contributed by atoms with Gasteiger partial charge in [-0.1, -0.05) is 17.7 Å². The van der Waals surface area contributed by atoms with Gasteiger partial charge in [-0.25, -0.2) is 13.8 Å². The van der Waals surface area contributed by atoms with Gasteiger partial charge in [0, 0.05) is 62.6 Å². The van der Waals surface area contributed by atoms with Crippen LogP contribution in [0.2, 0.25) is 5.02 Å². The molecule has 8 heteroatoms. The summed E-state index contributed by atoms with van der Waals surface area (Å²) in [7, 11) is 0. The average Bonchev–Trinajstić information content (AvgIpc) is 3.09. The molecule has 0 amide bonds. The maximum atomic E-state index is 14.4. The largest absolute Gasteiger partial charge is 0.353 e. The summed E-state index contributed by atoms with van der Waals surface area (Å²) < 4.78 is 29.7. The zero-order chi connectivity index (χ0) is 20.1. The number of hydrogen-bond acceptors (Lipinski definition) is 4. The summed E-state index contributed by atoms with van der Waals surface area (Å²) in [5.41, 5.74) is 1.76. The van der Waals surface area contributed by atoms with Gasteiger partial charge in [0.05, 0.1) is 5.02 Å². The van der Waals surface area contributed by atoms with Crippen LogP contribution in [0, 0.1) is 11.7 Å². The fraction of sp³-hybridized carbons (Fsp3) is 0.524. The third-order valence-electron chi connectivity index (χ3n) is 6.38. The molecule has 0 spiro atoms. The van der Waals surface area contributed by atoms with Crippen LogP contribution in [0.25, 0.3) is 0 Å². The second-order valence-electron chi connectivity index (χ2n) is 8.48. The molecule has 0 aliphatic carbocycles. The van der Waals surface area contributed by atoms with Crippen LogP contribution in [0.5, 0.6) is 0 Å². The molecule has 5 nitrogen and oxygen atoms in total. The van der Waals surface area contributed by atoms with Gasteiger partial charge in [0.1, 0.15) is 6.17 Å². The molecule has 0 N–H and O–H groups in total. The highest BCUT2D eigenvalue weighted by molar-refractivity contribution is 6.30. The maximum absolute atomic E-state index is 14.4. The molecule has 3 atom stereocenters. The summed E-state index contributed by atoms with van der Waals surface area (Å²) in [6.45, 7) is 3.50. The van der Waals surface area contributed by atoms with Crippen molar-refractivity contribution in [3.05, 3.63) is 56.8 Å². The second-order valence-corrected chi connectivity index (χ2v) is 8.92. The van der Waals surface area contributed by atoms with Crippen LogP contribution in [0.1, 0.15) is 30.0 Å². The van der Waals surface area contributed by atoms with Crippen LogP contribution in [-0.4, -0.2) is 46.8 Å². The van der Waals surface area contributed by atoms with Crippen LogP contribution in [0.3, 0.4) is 0 Å². The van der Waals surface area contributed by atoms with E-state index >= 15 is 0 Å². The summed E-state index contributed by atoms with van der Waals surface area (Å²) in [5, 5.41) is 0.282. The van der Waals surface area contributed by atoms with Crippen LogP contribution >= 0.6 is 11.6 Å². The quantitative estimate of drug-likeness (QED) is 0.764. The van der Waals surface area contributed by atoms with Gasteiger partial charge >= 0.3 is 0 Å². The molecule has 2 fully saturated rings. The van der Waals surface area contributed by atoms with Crippen molar-refractivity contribution in [1.29, 1.82) is 0 Å². The first-order valence-electron chi connectivity index (χ1n) is 10.1. The number of pyridine rings is 2. The van der Waals surface area contributed by atoms with Crippen LogP contribution < -0.4 is 10.5 Å². The molecular weight excluding hydrogens is 398 g/mol. The van der Waals surface area contributed by atoms with Gasteiger partial charge in [-0.2, -0.15) is 0 Å². The molecule has 2 bridgehead atoms. The Kier molecular flexibility index (Phi) is 4.82. The van der Waals surface area contributed by atoms with Gasteiger partial charge in [-0.3, -0.25) is 9.69 Å². The Balaban J connectivity index is 1.40. The highest BCUT2D eigenvalue weighted by atomic mass is 35.5. The molecule has 0 radical (unpaired) electrons. The predicted octanol–water partition coefficient (Wildman–Crippen LogP) is 3.20. The number of likely N-dealkylation sites (tertiary alicyclic amines) is 1. The zero-order valence-corrected chi connectivity index (χ0v) is 16.8. The minimum absolute atomic E-state index is 0.0313. The van der Waals surface area contributed by atoms with E-state index in [0.717, 1.165) is 17.7 Å². The summed E-state index contributed by atoms with van der Waals surface area (Å²) in [5.74, 6) is 0.324. The smallest absolute Gasteiger partial charge is 0.255 e. The number of piperidine rings is 1. The number of hydrogen-bond donors (Lipinski definition) is 0. The number of halogens is 3. The van der Waals surface area contributed by atoms with E-state index in [1.54, 1.807) is 0 Å². The number of aromatic nitrogens is 2. The topological polar surface area (TPSA) is 41.4 Å². The van der Waals surface area contributed by atoms with Crippen molar-refractivity contribution in [1.82, 2.24) is 14.5 Å². The van der Waals surface area contributed by atoms with E-state index in [9.17, 15) is 13.6 Å². The van der Waals surface area contributed by atoms with Crippen molar-refractivity contribution in [3.63, 3.8) is 0 Å². The van der Waals surface area contributed by atoms with Crippen LogP contribution in [0.15, 0.2) is 29.2 Å². The first kappa shape index (κ1) is 19.0. The number of fused-ring (bicyclic) bond motifs is 4. The fourth-order valence-electron chi connectivity index (χ4n) is 5.09. The van der Waals surface area contributed by atoms with E-state index in [1.165, 1.54) is 12.3 Å². The van der Waals surface area contributed by atoms with Crippen LogP contribution in [-0.2, 0) is 13.1 Å². The van der Waals surface area contributed by atoms with Crippen molar-refractivity contribution < 1.29 is 8.78 Å². The van der Waals surface area contributed by atoms with E-state index in [2.05, 4.69) is 4.98 Å². The Hall–Kier alpha value is -1.99. The molecular formula is C21H23ClF2N4O. The molecule has 154 valence electrons. The van der Waals surface area contributed by atoms with Crippen molar-refractivity contribution in [3.8, 4) is 0 Å².